The maximum Gasteiger partial charge on any atom is 0.303 e. The number of carbonyl (C=O) groups is 1. The smallest absolute Gasteiger partial charge is 0.303 e. The third-order valence-corrected chi connectivity index (χ3v) is 1.71. The highest BCUT2D eigenvalue weighted by Gasteiger charge is 2.22. The Labute approximate surface area is 75.6 Å². The Morgan fingerprint density at radius 2 is 1.92 bits per heavy atom. The first kappa shape index (κ1) is 12.3. The highest BCUT2D eigenvalue weighted by molar-refractivity contribution is 5.66. The van der Waals surface area contributed by atoms with Gasteiger partial charge in [0, 0.05) is 12.5 Å². The van der Waals surface area contributed by atoms with Crippen molar-refractivity contribution >= 4 is 5.97 Å². The fourth-order valence-corrected chi connectivity index (χ4v) is 0.854. The van der Waals surface area contributed by atoms with Gasteiger partial charge in [0.25, 0.3) is 0 Å². The van der Waals surface area contributed by atoms with Crippen LogP contribution in [0.4, 0.5) is 0 Å². The van der Waals surface area contributed by atoms with Gasteiger partial charge in [0.1, 0.15) is 6.10 Å². The Morgan fingerprint density at radius 3 is 2.31 bits per heavy atom. The van der Waals surface area contributed by atoms with E-state index in [1.54, 1.807) is 0 Å². The predicted octanol–water partition coefficient (Wildman–Crippen LogP) is -2.11. The van der Waals surface area contributed by atoms with E-state index < -0.39 is 30.8 Å². The number of rotatable bonds is 6. The first-order valence-electron chi connectivity index (χ1n) is 3.93. The molecule has 6 heteroatoms. The van der Waals surface area contributed by atoms with E-state index in [0.29, 0.717) is 0 Å². The highest BCUT2D eigenvalue weighted by atomic mass is 16.4. The second-order valence-corrected chi connectivity index (χ2v) is 2.84. The molecule has 0 fully saturated rings. The number of hydrogen-bond donors (Lipinski definition) is 5. The van der Waals surface area contributed by atoms with Crippen molar-refractivity contribution in [2.75, 3.05) is 6.61 Å². The topological polar surface area (TPSA) is 124 Å². The lowest BCUT2D eigenvalue weighted by Crippen LogP contribution is -2.44. The number of hydrogen-bond acceptors (Lipinski definition) is 5. The molecule has 0 aliphatic heterocycles. The normalized spacial score (nSPS) is 17.8. The number of nitrogens with two attached hydrogens (primary N) is 1. The lowest BCUT2D eigenvalue weighted by Gasteiger charge is -2.21. The molecule has 0 saturated heterocycles. The molecule has 13 heavy (non-hydrogen) atoms. The van der Waals surface area contributed by atoms with Crippen LogP contribution in [0.5, 0.6) is 0 Å². The summed E-state index contributed by atoms with van der Waals surface area (Å²) in [7, 11) is 0. The van der Waals surface area contributed by atoms with Crippen LogP contribution < -0.4 is 5.73 Å². The average Bonchev–Trinajstić information content (AvgIpc) is 2.11. The van der Waals surface area contributed by atoms with Crippen molar-refractivity contribution in [2.24, 2.45) is 5.73 Å². The van der Waals surface area contributed by atoms with Crippen molar-refractivity contribution in [2.45, 2.75) is 31.1 Å². The van der Waals surface area contributed by atoms with Crippen LogP contribution in [0.1, 0.15) is 12.8 Å². The van der Waals surface area contributed by atoms with E-state index in [1.807, 2.05) is 0 Å². The third-order valence-electron chi connectivity index (χ3n) is 1.71. The van der Waals surface area contributed by atoms with E-state index in [4.69, 9.17) is 21.1 Å². The van der Waals surface area contributed by atoms with Crippen molar-refractivity contribution in [3.8, 4) is 0 Å². The van der Waals surface area contributed by atoms with Gasteiger partial charge in [-0.3, -0.25) is 4.79 Å². The molecule has 3 atom stereocenters. The number of aliphatic hydroxyl groups excluding tert-OH is 3. The summed E-state index contributed by atoms with van der Waals surface area (Å²) < 4.78 is 0. The molecule has 0 aromatic carbocycles. The van der Waals surface area contributed by atoms with Crippen LogP contribution in [0.2, 0.25) is 0 Å². The van der Waals surface area contributed by atoms with Crippen LogP contribution in [-0.2, 0) is 4.79 Å². The number of carboxylic acids is 1. The molecule has 0 aliphatic rings. The van der Waals surface area contributed by atoms with Crippen molar-refractivity contribution in [1.29, 1.82) is 0 Å². The Balaban J connectivity index is 3.81. The van der Waals surface area contributed by atoms with Crippen molar-refractivity contribution in [3.05, 3.63) is 0 Å². The Hall–Kier alpha value is -0.690. The highest BCUT2D eigenvalue weighted by Crippen LogP contribution is 2.04. The van der Waals surface area contributed by atoms with Gasteiger partial charge >= 0.3 is 5.97 Å². The molecule has 0 unspecified atom stereocenters. The molecule has 0 spiro atoms. The van der Waals surface area contributed by atoms with E-state index in [0.717, 1.165) is 0 Å². The monoisotopic (exact) mass is 193 g/mol. The molecule has 0 saturated carbocycles. The molecule has 0 amide bonds. The summed E-state index contributed by atoms with van der Waals surface area (Å²) in [4.78, 5) is 10.1. The van der Waals surface area contributed by atoms with Gasteiger partial charge in [-0.1, -0.05) is 0 Å². The first-order valence-corrected chi connectivity index (χ1v) is 3.93. The second-order valence-electron chi connectivity index (χ2n) is 2.84. The van der Waals surface area contributed by atoms with Crippen LogP contribution >= 0.6 is 0 Å². The summed E-state index contributed by atoms with van der Waals surface area (Å²) in [5.74, 6) is -1.01. The average molecular weight is 193 g/mol. The summed E-state index contributed by atoms with van der Waals surface area (Å²) >= 11 is 0. The summed E-state index contributed by atoms with van der Waals surface area (Å²) in [6.45, 7) is -0.595. The van der Waals surface area contributed by atoms with Crippen LogP contribution in [0.3, 0.4) is 0 Å². The molecule has 0 rings (SSSR count). The van der Waals surface area contributed by atoms with E-state index in [-0.39, 0.29) is 12.8 Å². The van der Waals surface area contributed by atoms with E-state index in [2.05, 4.69) is 0 Å². The van der Waals surface area contributed by atoms with Crippen LogP contribution in [-0.4, -0.2) is 51.3 Å². The molecule has 0 radical (unpaired) electrons. The molecule has 6 N–H and O–H groups in total. The fourth-order valence-electron chi connectivity index (χ4n) is 0.854. The zero-order valence-electron chi connectivity index (χ0n) is 7.13. The van der Waals surface area contributed by atoms with Gasteiger partial charge in [-0.15, -0.1) is 0 Å². The van der Waals surface area contributed by atoms with E-state index in [9.17, 15) is 9.90 Å². The summed E-state index contributed by atoms with van der Waals surface area (Å²) in [6, 6.07) is -0.835. The van der Waals surface area contributed by atoms with Crippen LogP contribution in [0.25, 0.3) is 0 Å². The summed E-state index contributed by atoms with van der Waals surface area (Å²) in [6.07, 6.45) is -2.71. The summed E-state index contributed by atoms with van der Waals surface area (Å²) in [5.41, 5.74) is 5.36. The third kappa shape index (κ3) is 4.79. The molecule has 0 aromatic rings. The predicted molar refractivity (Wildman–Crippen MR) is 43.9 cm³/mol. The molecule has 0 aromatic heterocycles. The number of aliphatic carboxylic acids is 1. The van der Waals surface area contributed by atoms with Gasteiger partial charge in [0.15, 0.2) is 0 Å². The SMILES string of the molecule is N[C@@H](CCC(=O)O)[C@H](O)[C@H](O)CO. The molecular weight excluding hydrogens is 178 g/mol. The van der Waals surface area contributed by atoms with Crippen LogP contribution in [0.15, 0.2) is 0 Å². The zero-order valence-corrected chi connectivity index (χ0v) is 7.13. The van der Waals surface area contributed by atoms with Gasteiger partial charge in [-0.05, 0) is 6.42 Å². The molecule has 0 heterocycles. The Morgan fingerprint density at radius 1 is 1.38 bits per heavy atom. The Kier molecular flexibility index (Phi) is 5.56. The molecular formula is C7H15NO5. The van der Waals surface area contributed by atoms with Gasteiger partial charge in [-0.25, -0.2) is 0 Å². The van der Waals surface area contributed by atoms with E-state index >= 15 is 0 Å². The first-order chi connectivity index (χ1) is 5.99. The molecule has 78 valence electrons. The van der Waals surface area contributed by atoms with Gasteiger partial charge in [0.2, 0.25) is 0 Å². The number of aliphatic hydroxyl groups is 3. The standard InChI is InChI=1S/C7H15NO5/c8-4(1-2-6(11)12)7(13)5(10)3-9/h4-5,7,9-10,13H,1-3,8H2,(H,11,12)/t4-,5+,7-/m0/s1. The molecule has 0 bridgehead atoms. The minimum atomic E-state index is -1.32. The largest absolute Gasteiger partial charge is 0.481 e. The van der Waals surface area contributed by atoms with E-state index in [1.165, 1.54) is 0 Å². The minimum Gasteiger partial charge on any atom is -0.481 e. The fraction of sp³-hybridized carbons (Fsp3) is 0.857. The lowest BCUT2D eigenvalue weighted by atomic mass is 10.0. The second kappa shape index (κ2) is 5.87. The maximum atomic E-state index is 10.1. The minimum absolute atomic E-state index is 0.0631. The lowest BCUT2D eigenvalue weighted by molar-refractivity contribution is -0.137. The number of carboxylic acid groups (broad SMARTS) is 1. The quantitative estimate of drug-likeness (QED) is 0.329. The van der Waals surface area contributed by atoms with Crippen molar-refractivity contribution < 1.29 is 25.2 Å². The maximum absolute atomic E-state index is 10.1. The summed E-state index contributed by atoms with van der Waals surface area (Å²) in [5, 5.41) is 34.8. The van der Waals surface area contributed by atoms with Crippen molar-refractivity contribution in [1.82, 2.24) is 0 Å². The Bertz CT molecular complexity index is 163. The van der Waals surface area contributed by atoms with Gasteiger partial charge < -0.3 is 26.2 Å². The van der Waals surface area contributed by atoms with Crippen LogP contribution in [0, 0.1) is 0 Å². The van der Waals surface area contributed by atoms with Gasteiger partial charge in [-0.2, -0.15) is 0 Å². The zero-order chi connectivity index (χ0) is 10.4. The molecule has 6 nitrogen and oxygen atoms in total. The molecule has 0 aliphatic carbocycles. The van der Waals surface area contributed by atoms with Gasteiger partial charge in [0.05, 0.1) is 12.7 Å². The van der Waals surface area contributed by atoms with Crippen molar-refractivity contribution in [3.63, 3.8) is 0 Å².